The molecule has 1 spiro atoms. The number of likely N-dealkylation sites (tertiary alicyclic amines) is 1. The highest BCUT2D eigenvalue weighted by Crippen LogP contribution is 2.44. The smallest absolute Gasteiger partial charge is 0.345 e. The third-order valence-electron chi connectivity index (χ3n) is 5.96. The van der Waals surface area contributed by atoms with E-state index in [4.69, 9.17) is 4.74 Å². The van der Waals surface area contributed by atoms with Gasteiger partial charge in [0.2, 0.25) is 0 Å². The van der Waals surface area contributed by atoms with Crippen molar-refractivity contribution in [2.75, 3.05) is 19.7 Å². The summed E-state index contributed by atoms with van der Waals surface area (Å²) in [6, 6.07) is 11.1. The van der Waals surface area contributed by atoms with Gasteiger partial charge in [-0.2, -0.15) is 5.10 Å². The molecule has 0 atom stereocenters. The fourth-order valence-electron chi connectivity index (χ4n) is 4.44. The molecule has 4 heterocycles. The first kappa shape index (κ1) is 19.0. The van der Waals surface area contributed by atoms with Crippen LogP contribution in [0.15, 0.2) is 48.8 Å². The van der Waals surface area contributed by atoms with E-state index in [0.717, 1.165) is 22.5 Å². The maximum Gasteiger partial charge on any atom is 0.345 e. The highest BCUT2D eigenvalue weighted by molar-refractivity contribution is 7.14. The highest BCUT2D eigenvalue weighted by Gasteiger charge is 2.43. The van der Waals surface area contributed by atoms with Crippen LogP contribution in [0.2, 0.25) is 0 Å². The molecule has 1 amide bonds. The molecule has 8 heteroatoms. The molecule has 0 bridgehead atoms. The summed E-state index contributed by atoms with van der Waals surface area (Å²) >= 11 is 1.35. The summed E-state index contributed by atoms with van der Waals surface area (Å²) in [5, 5.41) is 13.6. The number of piperidine rings is 1. The lowest BCUT2D eigenvalue weighted by Crippen LogP contribution is -2.48. The first-order valence-electron chi connectivity index (χ1n) is 9.96. The molecule has 2 aliphatic heterocycles. The second kappa shape index (κ2) is 7.37. The lowest BCUT2D eigenvalue weighted by molar-refractivity contribution is -0.0926. The van der Waals surface area contributed by atoms with Crippen LogP contribution in [-0.4, -0.2) is 51.4 Å². The molecular formula is C22H21N3O4S. The van der Waals surface area contributed by atoms with Crippen molar-refractivity contribution in [3.05, 3.63) is 69.7 Å². The van der Waals surface area contributed by atoms with Crippen molar-refractivity contribution in [2.24, 2.45) is 0 Å². The number of carbonyl (C=O) groups is 2. The molecule has 5 rings (SSSR count). The van der Waals surface area contributed by atoms with Crippen molar-refractivity contribution in [3.8, 4) is 5.69 Å². The van der Waals surface area contributed by atoms with Gasteiger partial charge in [-0.3, -0.25) is 4.79 Å². The number of para-hydroxylation sites is 1. The Morgan fingerprint density at radius 3 is 2.70 bits per heavy atom. The fourth-order valence-corrected chi connectivity index (χ4v) is 5.51. The van der Waals surface area contributed by atoms with Crippen molar-refractivity contribution >= 4 is 23.2 Å². The number of benzene rings is 1. The van der Waals surface area contributed by atoms with Crippen LogP contribution in [0.5, 0.6) is 0 Å². The van der Waals surface area contributed by atoms with E-state index in [2.05, 4.69) is 5.10 Å². The zero-order valence-electron chi connectivity index (χ0n) is 16.3. The minimum absolute atomic E-state index is 0.0245. The van der Waals surface area contributed by atoms with E-state index < -0.39 is 11.6 Å². The Labute approximate surface area is 177 Å². The molecule has 2 aromatic heterocycles. The van der Waals surface area contributed by atoms with E-state index in [1.165, 1.54) is 11.3 Å². The largest absolute Gasteiger partial charge is 0.477 e. The van der Waals surface area contributed by atoms with Crippen LogP contribution in [0.4, 0.5) is 0 Å². The standard InChI is InChI=1S/C22H21N3O4S/c26-20(15-4-1-2-5-17(15)25-10-3-9-23-25)24-11-7-22(8-12-24)16-14-19(21(27)28)30-18(16)6-13-29-22/h1-5,9-10,14H,6-8,11-13H2,(H,27,28). The van der Waals surface area contributed by atoms with E-state index in [0.29, 0.717) is 43.0 Å². The number of ether oxygens (including phenoxy) is 1. The fraction of sp³-hybridized carbons (Fsp3) is 0.318. The quantitative estimate of drug-likeness (QED) is 0.699. The number of carbonyl (C=O) groups excluding carboxylic acids is 1. The number of aromatic nitrogens is 2. The molecule has 0 unspecified atom stereocenters. The SMILES string of the molecule is O=C(O)c1cc2c(s1)CCOC21CCN(C(=O)c2ccccc2-n2cccn2)CC1. The molecule has 1 saturated heterocycles. The van der Waals surface area contributed by atoms with E-state index in [-0.39, 0.29) is 5.91 Å². The van der Waals surface area contributed by atoms with Crippen molar-refractivity contribution in [1.29, 1.82) is 0 Å². The summed E-state index contributed by atoms with van der Waals surface area (Å²) in [7, 11) is 0. The van der Waals surface area contributed by atoms with Gasteiger partial charge < -0.3 is 14.7 Å². The second-order valence-electron chi connectivity index (χ2n) is 7.61. The molecular weight excluding hydrogens is 402 g/mol. The Bertz CT molecular complexity index is 1100. The Morgan fingerprint density at radius 1 is 1.17 bits per heavy atom. The number of rotatable bonds is 3. The molecule has 2 aliphatic rings. The molecule has 7 nitrogen and oxygen atoms in total. The summed E-state index contributed by atoms with van der Waals surface area (Å²) < 4.78 is 7.91. The Kier molecular flexibility index (Phi) is 4.67. The van der Waals surface area contributed by atoms with Crippen LogP contribution >= 0.6 is 11.3 Å². The number of carboxylic acids is 1. The molecule has 1 fully saturated rings. The summed E-state index contributed by atoms with van der Waals surface area (Å²) in [4.78, 5) is 28.0. The first-order chi connectivity index (χ1) is 14.6. The van der Waals surface area contributed by atoms with Crippen LogP contribution < -0.4 is 0 Å². The van der Waals surface area contributed by atoms with E-state index in [9.17, 15) is 14.7 Å². The lowest BCUT2D eigenvalue weighted by Gasteiger charge is -2.44. The van der Waals surface area contributed by atoms with Gasteiger partial charge in [0.15, 0.2) is 0 Å². The zero-order chi connectivity index (χ0) is 20.7. The third-order valence-corrected chi connectivity index (χ3v) is 7.14. The lowest BCUT2D eigenvalue weighted by atomic mass is 9.82. The van der Waals surface area contributed by atoms with Crippen molar-refractivity contribution < 1.29 is 19.4 Å². The number of hydrogen-bond acceptors (Lipinski definition) is 5. The van der Waals surface area contributed by atoms with Gasteiger partial charge in [0.25, 0.3) is 5.91 Å². The number of nitrogens with zero attached hydrogens (tertiary/aromatic N) is 3. The number of carboxylic acid groups (broad SMARTS) is 1. The monoisotopic (exact) mass is 423 g/mol. The van der Waals surface area contributed by atoms with Crippen LogP contribution in [0.25, 0.3) is 5.69 Å². The Balaban J connectivity index is 1.38. The number of amides is 1. The normalized spacial score (nSPS) is 17.7. The first-order valence-corrected chi connectivity index (χ1v) is 10.8. The topological polar surface area (TPSA) is 84.7 Å². The molecule has 0 radical (unpaired) electrons. The zero-order valence-corrected chi connectivity index (χ0v) is 17.1. The van der Waals surface area contributed by atoms with Gasteiger partial charge in [0.1, 0.15) is 4.88 Å². The van der Waals surface area contributed by atoms with Gasteiger partial charge >= 0.3 is 5.97 Å². The molecule has 3 aromatic rings. The maximum absolute atomic E-state index is 13.3. The van der Waals surface area contributed by atoms with Crippen LogP contribution in [0, 0.1) is 0 Å². The molecule has 30 heavy (non-hydrogen) atoms. The maximum atomic E-state index is 13.3. The Morgan fingerprint density at radius 2 is 1.97 bits per heavy atom. The van der Waals surface area contributed by atoms with Crippen LogP contribution in [0.1, 0.15) is 43.3 Å². The number of aromatic carboxylic acids is 1. The minimum atomic E-state index is -0.896. The summed E-state index contributed by atoms with van der Waals surface area (Å²) in [5.41, 5.74) is 1.88. The molecule has 0 saturated carbocycles. The van der Waals surface area contributed by atoms with Gasteiger partial charge in [-0.25, -0.2) is 9.48 Å². The average Bonchev–Trinajstić information content (AvgIpc) is 3.45. The average molecular weight is 423 g/mol. The Hall–Kier alpha value is -2.97. The predicted molar refractivity (Wildman–Crippen MR) is 111 cm³/mol. The van der Waals surface area contributed by atoms with Gasteiger partial charge in [-0.1, -0.05) is 12.1 Å². The predicted octanol–water partition coefficient (Wildman–Crippen LogP) is 3.34. The van der Waals surface area contributed by atoms with Gasteiger partial charge in [0.05, 0.1) is 23.5 Å². The highest BCUT2D eigenvalue weighted by atomic mass is 32.1. The van der Waals surface area contributed by atoms with Crippen molar-refractivity contribution in [2.45, 2.75) is 24.9 Å². The minimum Gasteiger partial charge on any atom is -0.477 e. The summed E-state index contributed by atoms with van der Waals surface area (Å²) in [6.45, 7) is 1.70. The number of thiophene rings is 1. The number of fused-ring (bicyclic) bond motifs is 2. The van der Waals surface area contributed by atoms with Crippen LogP contribution in [0.3, 0.4) is 0 Å². The third kappa shape index (κ3) is 3.12. The van der Waals surface area contributed by atoms with E-state index >= 15 is 0 Å². The van der Waals surface area contributed by atoms with Crippen molar-refractivity contribution in [3.63, 3.8) is 0 Å². The molecule has 0 aliphatic carbocycles. The van der Waals surface area contributed by atoms with Gasteiger partial charge in [-0.05, 0) is 42.7 Å². The summed E-state index contributed by atoms with van der Waals surface area (Å²) in [6.07, 6.45) is 5.58. The van der Waals surface area contributed by atoms with Crippen LogP contribution in [-0.2, 0) is 16.8 Å². The van der Waals surface area contributed by atoms with Gasteiger partial charge in [-0.15, -0.1) is 11.3 Å². The van der Waals surface area contributed by atoms with E-state index in [1.807, 2.05) is 41.4 Å². The summed E-state index contributed by atoms with van der Waals surface area (Å²) in [5.74, 6) is -0.920. The molecule has 154 valence electrons. The molecule has 1 N–H and O–H groups in total. The van der Waals surface area contributed by atoms with Gasteiger partial charge in [0, 0.05) is 36.8 Å². The molecule has 1 aromatic carbocycles. The number of hydrogen-bond donors (Lipinski definition) is 1. The van der Waals surface area contributed by atoms with E-state index in [1.54, 1.807) is 16.9 Å². The van der Waals surface area contributed by atoms with Crippen molar-refractivity contribution in [1.82, 2.24) is 14.7 Å². The second-order valence-corrected chi connectivity index (χ2v) is 8.74.